The zero-order chi connectivity index (χ0) is 12.5. The Labute approximate surface area is 112 Å². The van der Waals surface area contributed by atoms with Gasteiger partial charge < -0.3 is 9.88 Å². The number of fused-ring (bicyclic) bond motifs is 1. The SMILES string of the molecule is CCn1c(C2CCCCN2)nc2cccc(Cl)c21. The number of nitrogens with zero attached hydrogens (tertiary/aromatic N) is 2. The molecule has 96 valence electrons. The minimum absolute atomic E-state index is 0.377. The van der Waals surface area contributed by atoms with Gasteiger partial charge in [-0.3, -0.25) is 0 Å². The van der Waals surface area contributed by atoms with E-state index >= 15 is 0 Å². The number of aromatic nitrogens is 2. The first kappa shape index (κ1) is 12.0. The molecule has 2 aromatic rings. The molecular formula is C14H18ClN3. The van der Waals surface area contributed by atoms with Crippen LogP contribution in [0.1, 0.15) is 38.1 Å². The first-order chi connectivity index (χ1) is 8.81. The van der Waals surface area contributed by atoms with Crippen LogP contribution in [0.3, 0.4) is 0 Å². The molecule has 0 aliphatic carbocycles. The first-order valence-corrected chi connectivity index (χ1v) is 7.07. The zero-order valence-corrected chi connectivity index (χ0v) is 11.4. The summed E-state index contributed by atoms with van der Waals surface area (Å²) in [5.74, 6) is 1.14. The summed E-state index contributed by atoms with van der Waals surface area (Å²) in [6.45, 7) is 4.15. The zero-order valence-electron chi connectivity index (χ0n) is 10.6. The molecule has 0 amide bonds. The lowest BCUT2D eigenvalue weighted by molar-refractivity contribution is 0.388. The summed E-state index contributed by atoms with van der Waals surface area (Å²) in [6, 6.07) is 6.33. The number of benzene rings is 1. The molecule has 2 heterocycles. The summed E-state index contributed by atoms with van der Waals surface area (Å²) in [7, 11) is 0. The average molecular weight is 264 g/mol. The quantitative estimate of drug-likeness (QED) is 0.898. The van der Waals surface area contributed by atoms with Gasteiger partial charge in [-0.05, 0) is 38.4 Å². The van der Waals surface area contributed by atoms with Gasteiger partial charge in [-0.15, -0.1) is 0 Å². The molecule has 18 heavy (non-hydrogen) atoms. The van der Waals surface area contributed by atoms with E-state index in [4.69, 9.17) is 16.6 Å². The Bertz CT molecular complexity index is 555. The third kappa shape index (κ3) is 1.91. The van der Waals surface area contributed by atoms with E-state index in [-0.39, 0.29) is 0 Å². The van der Waals surface area contributed by atoms with Crippen molar-refractivity contribution in [2.75, 3.05) is 6.54 Å². The normalized spacial score (nSPS) is 20.4. The van der Waals surface area contributed by atoms with Gasteiger partial charge in [0.2, 0.25) is 0 Å². The van der Waals surface area contributed by atoms with Crippen LogP contribution < -0.4 is 5.32 Å². The first-order valence-electron chi connectivity index (χ1n) is 6.69. The number of halogens is 1. The third-order valence-electron chi connectivity index (χ3n) is 3.69. The molecule has 1 unspecified atom stereocenters. The van der Waals surface area contributed by atoms with E-state index in [1.807, 2.05) is 18.2 Å². The van der Waals surface area contributed by atoms with Crippen LogP contribution in [-0.2, 0) is 6.54 Å². The van der Waals surface area contributed by atoms with Gasteiger partial charge in [0.25, 0.3) is 0 Å². The highest BCUT2D eigenvalue weighted by molar-refractivity contribution is 6.35. The lowest BCUT2D eigenvalue weighted by Crippen LogP contribution is -2.29. The van der Waals surface area contributed by atoms with Crippen LogP contribution in [0.4, 0.5) is 0 Å². The highest BCUT2D eigenvalue weighted by Gasteiger charge is 2.22. The van der Waals surface area contributed by atoms with Gasteiger partial charge in [0.15, 0.2) is 0 Å². The molecule has 1 atom stereocenters. The largest absolute Gasteiger partial charge is 0.326 e. The average Bonchev–Trinajstić information content (AvgIpc) is 2.79. The van der Waals surface area contributed by atoms with Crippen LogP contribution in [0.15, 0.2) is 18.2 Å². The van der Waals surface area contributed by atoms with E-state index < -0.39 is 0 Å². The van der Waals surface area contributed by atoms with Gasteiger partial charge in [-0.1, -0.05) is 24.1 Å². The second-order valence-corrected chi connectivity index (χ2v) is 5.23. The summed E-state index contributed by atoms with van der Waals surface area (Å²) in [5, 5.41) is 4.36. The van der Waals surface area contributed by atoms with Crippen molar-refractivity contribution in [1.82, 2.24) is 14.9 Å². The Balaban J connectivity index is 2.13. The van der Waals surface area contributed by atoms with Crippen molar-refractivity contribution in [2.24, 2.45) is 0 Å². The maximum absolute atomic E-state index is 6.31. The topological polar surface area (TPSA) is 29.9 Å². The molecule has 0 saturated carbocycles. The summed E-state index contributed by atoms with van der Waals surface area (Å²) < 4.78 is 2.25. The van der Waals surface area contributed by atoms with Gasteiger partial charge in [0.05, 0.1) is 22.1 Å². The summed E-state index contributed by atoms with van der Waals surface area (Å²) in [6.07, 6.45) is 3.71. The molecule has 3 nitrogen and oxygen atoms in total. The lowest BCUT2D eigenvalue weighted by atomic mass is 10.0. The summed E-state index contributed by atoms with van der Waals surface area (Å²) in [4.78, 5) is 4.78. The predicted octanol–water partition coefficient (Wildman–Crippen LogP) is 3.52. The van der Waals surface area contributed by atoms with Crippen molar-refractivity contribution in [3.63, 3.8) is 0 Å². The number of hydrogen-bond acceptors (Lipinski definition) is 2. The molecule has 0 radical (unpaired) electrons. The van der Waals surface area contributed by atoms with E-state index in [1.54, 1.807) is 0 Å². The molecule has 3 rings (SSSR count). The van der Waals surface area contributed by atoms with E-state index in [0.717, 1.165) is 35.0 Å². The number of rotatable bonds is 2. The Hall–Kier alpha value is -1.06. The number of aryl methyl sites for hydroxylation is 1. The molecule has 1 aliphatic rings. The van der Waals surface area contributed by atoms with Crippen molar-refractivity contribution < 1.29 is 0 Å². The maximum Gasteiger partial charge on any atom is 0.127 e. The number of hydrogen-bond donors (Lipinski definition) is 1. The summed E-state index contributed by atoms with van der Waals surface area (Å²) >= 11 is 6.31. The van der Waals surface area contributed by atoms with Gasteiger partial charge in [0, 0.05) is 6.54 Å². The fourth-order valence-corrected chi connectivity index (χ4v) is 3.09. The molecule has 1 aromatic carbocycles. The Morgan fingerprint density at radius 1 is 1.44 bits per heavy atom. The van der Waals surface area contributed by atoms with Gasteiger partial charge in [-0.25, -0.2) is 4.98 Å². The molecular weight excluding hydrogens is 246 g/mol. The number of piperidine rings is 1. The predicted molar refractivity (Wildman–Crippen MR) is 75.0 cm³/mol. The van der Waals surface area contributed by atoms with E-state index in [1.165, 1.54) is 19.3 Å². The fourth-order valence-electron chi connectivity index (χ4n) is 2.82. The van der Waals surface area contributed by atoms with Crippen LogP contribution in [0.25, 0.3) is 11.0 Å². The van der Waals surface area contributed by atoms with E-state index in [2.05, 4.69) is 16.8 Å². The second-order valence-electron chi connectivity index (χ2n) is 4.82. The Kier molecular flexibility index (Phi) is 3.27. The standard InChI is InChI=1S/C14H18ClN3/c1-2-18-13-10(15)6-5-8-11(13)17-14(18)12-7-3-4-9-16-12/h5-6,8,12,16H,2-4,7,9H2,1H3. The number of para-hydroxylation sites is 1. The van der Waals surface area contributed by atoms with Crippen molar-refractivity contribution in [3.05, 3.63) is 29.0 Å². The van der Waals surface area contributed by atoms with Crippen molar-refractivity contribution in [1.29, 1.82) is 0 Å². The third-order valence-corrected chi connectivity index (χ3v) is 3.99. The van der Waals surface area contributed by atoms with Crippen LogP contribution in [-0.4, -0.2) is 16.1 Å². The van der Waals surface area contributed by atoms with Gasteiger partial charge >= 0.3 is 0 Å². The Morgan fingerprint density at radius 2 is 2.33 bits per heavy atom. The number of imidazole rings is 1. The van der Waals surface area contributed by atoms with Crippen LogP contribution in [0.5, 0.6) is 0 Å². The molecule has 0 spiro atoms. The van der Waals surface area contributed by atoms with Crippen molar-refractivity contribution >= 4 is 22.6 Å². The highest BCUT2D eigenvalue weighted by atomic mass is 35.5. The minimum atomic E-state index is 0.377. The van der Waals surface area contributed by atoms with Crippen LogP contribution >= 0.6 is 11.6 Å². The van der Waals surface area contributed by atoms with Gasteiger partial charge in [0.1, 0.15) is 5.82 Å². The highest BCUT2D eigenvalue weighted by Crippen LogP contribution is 2.29. The fraction of sp³-hybridized carbons (Fsp3) is 0.500. The van der Waals surface area contributed by atoms with Crippen molar-refractivity contribution in [2.45, 2.75) is 38.8 Å². The van der Waals surface area contributed by atoms with Crippen LogP contribution in [0, 0.1) is 0 Å². The number of nitrogens with one attached hydrogen (secondary N) is 1. The van der Waals surface area contributed by atoms with Gasteiger partial charge in [-0.2, -0.15) is 0 Å². The minimum Gasteiger partial charge on any atom is -0.326 e. The Morgan fingerprint density at radius 3 is 3.06 bits per heavy atom. The molecule has 1 fully saturated rings. The van der Waals surface area contributed by atoms with Crippen molar-refractivity contribution in [3.8, 4) is 0 Å². The monoisotopic (exact) mass is 263 g/mol. The van der Waals surface area contributed by atoms with Crippen LogP contribution in [0.2, 0.25) is 5.02 Å². The smallest absolute Gasteiger partial charge is 0.127 e. The van der Waals surface area contributed by atoms with E-state index in [9.17, 15) is 0 Å². The summed E-state index contributed by atoms with van der Waals surface area (Å²) in [5.41, 5.74) is 2.08. The molecule has 0 bridgehead atoms. The molecule has 1 aliphatic heterocycles. The molecule has 1 aromatic heterocycles. The molecule has 1 N–H and O–H groups in total. The maximum atomic E-state index is 6.31. The molecule has 4 heteroatoms. The second kappa shape index (κ2) is 4.90. The van der Waals surface area contributed by atoms with E-state index in [0.29, 0.717) is 6.04 Å². The molecule has 1 saturated heterocycles. The lowest BCUT2D eigenvalue weighted by Gasteiger charge is -2.23.